The summed E-state index contributed by atoms with van der Waals surface area (Å²) in [6.07, 6.45) is 4.65. The standard InChI is InChI=1S/C11H13P/c1-2-9-3-4-11-8-12-6-5-10(11)7-9/h3-7,12H,2,8H2,1H3. The minimum Gasteiger partial charge on any atom is -0.0939 e. The van der Waals surface area contributed by atoms with Gasteiger partial charge in [0.15, 0.2) is 0 Å². The van der Waals surface area contributed by atoms with Gasteiger partial charge in [0.2, 0.25) is 0 Å². The van der Waals surface area contributed by atoms with Gasteiger partial charge in [0, 0.05) is 0 Å². The van der Waals surface area contributed by atoms with Gasteiger partial charge in [0.25, 0.3) is 0 Å². The molecule has 1 aliphatic rings. The van der Waals surface area contributed by atoms with Crippen LogP contribution in [0.4, 0.5) is 0 Å². The maximum absolute atomic E-state index is 2.31. The van der Waals surface area contributed by atoms with E-state index in [0.29, 0.717) is 0 Å². The van der Waals surface area contributed by atoms with Gasteiger partial charge in [-0.3, -0.25) is 0 Å². The van der Waals surface area contributed by atoms with Crippen molar-refractivity contribution < 1.29 is 0 Å². The van der Waals surface area contributed by atoms with Crippen LogP contribution in [0.15, 0.2) is 24.0 Å². The fraction of sp³-hybridized carbons (Fsp3) is 0.273. The molecule has 0 radical (unpaired) electrons. The Hall–Kier alpha value is -0.610. The van der Waals surface area contributed by atoms with E-state index < -0.39 is 0 Å². The molecule has 0 spiro atoms. The molecular formula is C11H13P. The Kier molecular flexibility index (Phi) is 2.28. The van der Waals surface area contributed by atoms with E-state index in [0.717, 1.165) is 15.0 Å². The van der Waals surface area contributed by atoms with Gasteiger partial charge >= 0.3 is 0 Å². The number of fused-ring (bicyclic) bond motifs is 1. The molecule has 1 aromatic rings. The molecule has 1 aromatic carbocycles. The summed E-state index contributed by atoms with van der Waals surface area (Å²) in [6, 6.07) is 6.85. The highest BCUT2D eigenvalue weighted by atomic mass is 31.1. The van der Waals surface area contributed by atoms with Crippen LogP contribution in [0.3, 0.4) is 0 Å². The summed E-state index contributed by atoms with van der Waals surface area (Å²) >= 11 is 0. The van der Waals surface area contributed by atoms with Crippen molar-refractivity contribution in [3.8, 4) is 0 Å². The summed E-state index contributed by atoms with van der Waals surface area (Å²) < 4.78 is 0. The van der Waals surface area contributed by atoms with Crippen LogP contribution in [0.2, 0.25) is 0 Å². The predicted molar refractivity (Wildman–Crippen MR) is 56.9 cm³/mol. The minimum absolute atomic E-state index is 0.986. The molecule has 1 aliphatic heterocycles. The first-order valence-corrected chi connectivity index (χ1v) is 5.70. The number of benzene rings is 1. The van der Waals surface area contributed by atoms with Crippen LogP contribution in [0.5, 0.6) is 0 Å². The average Bonchev–Trinajstić information content (AvgIpc) is 2.17. The van der Waals surface area contributed by atoms with Crippen LogP contribution in [0.1, 0.15) is 23.6 Å². The van der Waals surface area contributed by atoms with Gasteiger partial charge in [-0.2, -0.15) is 0 Å². The fourth-order valence-electron chi connectivity index (χ4n) is 1.50. The Bertz CT molecular complexity index is 313. The zero-order valence-electron chi connectivity index (χ0n) is 7.30. The van der Waals surface area contributed by atoms with Crippen molar-refractivity contribution in [2.75, 3.05) is 0 Å². The molecular weight excluding hydrogens is 163 g/mol. The van der Waals surface area contributed by atoms with Crippen LogP contribution in [-0.4, -0.2) is 0 Å². The van der Waals surface area contributed by atoms with E-state index >= 15 is 0 Å². The van der Waals surface area contributed by atoms with Crippen molar-refractivity contribution in [1.82, 2.24) is 0 Å². The Morgan fingerprint density at radius 1 is 1.42 bits per heavy atom. The summed E-state index contributed by atoms with van der Waals surface area (Å²) in [4.78, 5) is 0. The Balaban J connectivity index is 2.44. The first kappa shape index (κ1) is 8.01. The SMILES string of the molecule is CCc1ccc2c(c1)C=CPC2. The van der Waals surface area contributed by atoms with E-state index in [-0.39, 0.29) is 0 Å². The molecule has 1 atom stereocenters. The van der Waals surface area contributed by atoms with Crippen molar-refractivity contribution in [2.45, 2.75) is 19.5 Å². The lowest BCUT2D eigenvalue weighted by Gasteiger charge is -2.10. The van der Waals surface area contributed by atoms with E-state index in [1.165, 1.54) is 22.9 Å². The molecule has 0 N–H and O–H groups in total. The van der Waals surface area contributed by atoms with E-state index in [2.05, 4.69) is 37.0 Å². The van der Waals surface area contributed by atoms with Crippen LogP contribution in [0, 0.1) is 0 Å². The number of aryl methyl sites for hydroxylation is 1. The molecule has 1 heterocycles. The van der Waals surface area contributed by atoms with Crippen LogP contribution < -0.4 is 0 Å². The van der Waals surface area contributed by atoms with Gasteiger partial charge in [-0.25, -0.2) is 0 Å². The van der Waals surface area contributed by atoms with Crippen LogP contribution in [-0.2, 0) is 12.6 Å². The van der Waals surface area contributed by atoms with Gasteiger partial charge in [0.1, 0.15) is 0 Å². The lowest BCUT2D eigenvalue weighted by Crippen LogP contribution is -1.90. The minimum atomic E-state index is 0.986. The molecule has 12 heavy (non-hydrogen) atoms. The zero-order valence-corrected chi connectivity index (χ0v) is 8.30. The second-order valence-corrected chi connectivity index (χ2v) is 4.20. The number of rotatable bonds is 1. The monoisotopic (exact) mass is 176 g/mol. The van der Waals surface area contributed by atoms with E-state index in [1.807, 2.05) is 0 Å². The molecule has 0 saturated heterocycles. The van der Waals surface area contributed by atoms with Gasteiger partial charge in [0.05, 0.1) is 0 Å². The molecule has 0 fully saturated rings. The highest BCUT2D eigenvalue weighted by molar-refractivity contribution is 7.41. The lowest BCUT2D eigenvalue weighted by atomic mass is 10.0. The topological polar surface area (TPSA) is 0 Å². The smallest absolute Gasteiger partial charge is 0.00600 e. The molecule has 0 amide bonds. The third-order valence-electron chi connectivity index (χ3n) is 2.29. The van der Waals surface area contributed by atoms with Crippen molar-refractivity contribution in [2.24, 2.45) is 0 Å². The van der Waals surface area contributed by atoms with Gasteiger partial charge < -0.3 is 0 Å². The molecule has 0 aromatic heterocycles. The third-order valence-corrected chi connectivity index (χ3v) is 3.28. The summed E-state index contributed by atoms with van der Waals surface area (Å²) in [5.41, 5.74) is 4.41. The molecule has 0 aliphatic carbocycles. The first-order valence-electron chi connectivity index (χ1n) is 4.42. The van der Waals surface area contributed by atoms with Crippen LogP contribution >= 0.6 is 8.58 Å². The van der Waals surface area contributed by atoms with Crippen molar-refractivity contribution >= 4 is 14.7 Å². The van der Waals surface area contributed by atoms with E-state index in [1.54, 1.807) is 0 Å². The largest absolute Gasteiger partial charge is 0.0939 e. The maximum atomic E-state index is 2.31. The quantitative estimate of drug-likeness (QED) is 0.575. The molecule has 0 bridgehead atoms. The van der Waals surface area contributed by atoms with Crippen molar-refractivity contribution in [3.63, 3.8) is 0 Å². The average molecular weight is 176 g/mol. The Morgan fingerprint density at radius 2 is 2.33 bits per heavy atom. The van der Waals surface area contributed by atoms with E-state index in [9.17, 15) is 0 Å². The molecule has 2 rings (SSSR count). The summed E-state index contributed by atoms with van der Waals surface area (Å²) in [5, 5.41) is 0. The number of hydrogen-bond donors (Lipinski definition) is 0. The highest BCUT2D eigenvalue weighted by Crippen LogP contribution is 2.30. The van der Waals surface area contributed by atoms with Crippen molar-refractivity contribution in [3.05, 3.63) is 40.7 Å². The highest BCUT2D eigenvalue weighted by Gasteiger charge is 2.03. The van der Waals surface area contributed by atoms with E-state index in [4.69, 9.17) is 0 Å². The molecule has 0 saturated carbocycles. The summed E-state index contributed by atoms with van der Waals surface area (Å²) in [5.74, 6) is 2.29. The van der Waals surface area contributed by atoms with Gasteiger partial charge in [-0.1, -0.05) is 45.6 Å². The molecule has 0 nitrogen and oxygen atoms in total. The zero-order chi connectivity index (χ0) is 8.39. The van der Waals surface area contributed by atoms with Gasteiger partial charge in [-0.15, -0.1) is 0 Å². The maximum Gasteiger partial charge on any atom is -0.00600 e. The molecule has 1 unspecified atom stereocenters. The third kappa shape index (κ3) is 1.44. The predicted octanol–water partition coefficient (Wildman–Crippen LogP) is 3.41. The molecule has 1 heteroatoms. The summed E-state index contributed by atoms with van der Waals surface area (Å²) in [6.45, 7) is 2.20. The van der Waals surface area contributed by atoms with Crippen molar-refractivity contribution in [1.29, 1.82) is 0 Å². The molecule has 62 valence electrons. The Labute approximate surface area is 75.5 Å². The fourth-order valence-corrected chi connectivity index (χ4v) is 2.46. The lowest BCUT2D eigenvalue weighted by molar-refractivity contribution is 1.13. The Morgan fingerprint density at radius 3 is 3.17 bits per heavy atom. The van der Waals surface area contributed by atoms with Gasteiger partial charge in [-0.05, 0) is 29.3 Å². The van der Waals surface area contributed by atoms with Crippen LogP contribution in [0.25, 0.3) is 6.08 Å². The second kappa shape index (κ2) is 3.41. The summed E-state index contributed by atoms with van der Waals surface area (Å²) in [7, 11) is 0.986. The second-order valence-electron chi connectivity index (χ2n) is 3.10. The normalized spacial score (nSPS) is 16.4. The number of hydrogen-bond acceptors (Lipinski definition) is 0. The first-order chi connectivity index (χ1) is 5.90.